The number of hydrogen-bond donors (Lipinski definition) is 0. The van der Waals surface area contributed by atoms with Gasteiger partial charge in [-0.2, -0.15) is 0 Å². The Kier molecular flexibility index (Phi) is 5.34. The lowest BCUT2D eigenvalue weighted by Crippen LogP contribution is -1.98. The fraction of sp³-hybridized carbons (Fsp3) is 0.333. The summed E-state index contributed by atoms with van der Waals surface area (Å²) in [6.45, 7) is 3.47. The van der Waals surface area contributed by atoms with E-state index in [0.29, 0.717) is 6.42 Å². The van der Waals surface area contributed by atoms with Crippen LogP contribution in [-0.4, -0.2) is 11.6 Å². The molecule has 1 rings (SSSR count). The number of benzene rings is 1. The van der Waals surface area contributed by atoms with E-state index in [1.54, 1.807) is 13.0 Å². The minimum atomic E-state index is 0.0666. The molecular formula is C15H18O2. The Morgan fingerprint density at radius 3 is 2.29 bits per heavy atom. The zero-order valence-corrected chi connectivity index (χ0v) is 10.4. The maximum absolute atomic E-state index is 11.8. The lowest BCUT2D eigenvalue weighted by molar-refractivity contribution is -0.112. The van der Waals surface area contributed by atoms with Crippen molar-refractivity contribution in [3.8, 4) is 0 Å². The normalized spacial score (nSPS) is 11.3. The highest BCUT2D eigenvalue weighted by molar-refractivity contribution is 5.96. The molecule has 0 aliphatic carbocycles. The van der Waals surface area contributed by atoms with Gasteiger partial charge in [0.2, 0.25) is 0 Å². The summed E-state index contributed by atoms with van der Waals surface area (Å²) < 4.78 is 0. The summed E-state index contributed by atoms with van der Waals surface area (Å²) in [4.78, 5) is 22.6. The van der Waals surface area contributed by atoms with Crippen LogP contribution < -0.4 is 0 Å². The molecule has 2 nitrogen and oxygen atoms in total. The number of rotatable bonds is 6. The Morgan fingerprint density at radius 2 is 1.71 bits per heavy atom. The predicted molar refractivity (Wildman–Crippen MR) is 69.1 cm³/mol. The van der Waals surface area contributed by atoms with Crippen LogP contribution in [0.3, 0.4) is 0 Å². The number of Topliss-reactive ketones (excluding diaryl/α,β-unsaturated/α-hetero) is 1. The van der Waals surface area contributed by atoms with Gasteiger partial charge in [0.15, 0.2) is 11.6 Å². The lowest BCUT2D eigenvalue weighted by Gasteiger charge is -2.01. The molecule has 0 heterocycles. The van der Waals surface area contributed by atoms with Crippen molar-refractivity contribution in [2.75, 3.05) is 0 Å². The second kappa shape index (κ2) is 6.79. The van der Waals surface area contributed by atoms with Gasteiger partial charge in [-0.15, -0.1) is 0 Å². The van der Waals surface area contributed by atoms with Gasteiger partial charge in [-0.05, 0) is 32.8 Å². The topological polar surface area (TPSA) is 34.1 Å². The third-order valence-corrected chi connectivity index (χ3v) is 2.52. The molecule has 1 aromatic rings. The molecule has 0 atom stereocenters. The van der Waals surface area contributed by atoms with Crippen molar-refractivity contribution < 1.29 is 9.59 Å². The van der Waals surface area contributed by atoms with E-state index in [0.717, 1.165) is 24.0 Å². The molecule has 2 heteroatoms. The predicted octanol–water partition coefficient (Wildman–Crippen LogP) is 3.57. The van der Waals surface area contributed by atoms with Gasteiger partial charge < -0.3 is 0 Å². The smallest absolute Gasteiger partial charge is 0.162 e. The van der Waals surface area contributed by atoms with Gasteiger partial charge in [0.25, 0.3) is 0 Å². The molecule has 0 aliphatic heterocycles. The van der Waals surface area contributed by atoms with Gasteiger partial charge in [-0.1, -0.05) is 35.9 Å². The van der Waals surface area contributed by atoms with Crippen LogP contribution in [0, 0.1) is 0 Å². The second-order valence-corrected chi connectivity index (χ2v) is 4.24. The Hall–Kier alpha value is -1.70. The van der Waals surface area contributed by atoms with Gasteiger partial charge in [-0.25, -0.2) is 0 Å². The SMILES string of the molecule is CC(=O)/C=C(/C)CCCC(=O)c1ccccc1. The molecule has 17 heavy (non-hydrogen) atoms. The minimum absolute atomic E-state index is 0.0666. The van der Waals surface area contributed by atoms with Gasteiger partial charge in [0, 0.05) is 12.0 Å². The summed E-state index contributed by atoms with van der Waals surface area (Å²) in [5, 5.41) is 0. The molecule has 0 spiro atoms. The monoisotopic (exact) mass is 230 g/mol. The van der Waals surface area contributed by atoms with Crippen LogP contribution in [0.4, 0.5) is 0 Å². The first kappa shape index (κ1) is 13.4. The Bertz CT molecular complexity index is 416. The highest BCUT2D eigenvalue weighted by atomic mass is 16.1. The Morgan fingerprint density at radius 1 is 1.06 bits per heavy atom. The van der Waals surface area contributed by atoms with E-state index in [-0.39, 0.29) is 11.6 Å². The van der Waals surface area contributed by atoms with E-state index in [2.05, 4.69) is 0 Å². The van der Waals surface area contributed by atoms with E-state index < -0.39 is 0 Å². The zero-order chi connectivity index (χ0) is 12.7. The summed E-state index contributed by atoms with van der Waals surface area (Å²) in [5.41, 5.74) is 1.80. The van der Waals surface area contributed by atoms with Crippen molar-refractivity contribution in [1.82, 2.24) is 0 Å². The van der Waals surface area contributed by atoms with E-state index in [4.69, 9.17) is 0 Å². The first-order valence-electron chi connectivity index (χ1n) is 5.85. The van der Waals surface area contributed by atoms with Crippen molar-refractivity contribution in [3.63, 3.8) is 0 Å². The van der Waals surface area contributed by atoms with Crippen molar-refractivity contribution in [2.45, 2.75) is 33.1 Å². The molecular weight excluding hydrogens is 212 g/mol. The fourth-order valence-electron chi connectivity index (χ4n) is 1.72. The van der Waals surface area contributed by atoms with Gasteiger partial charge >= 0.3 is 0 Å². The number of ketones is 2. The zero-order valence-electron chi connectivity index (χ0n) is 10.4. The molecule has 0 radical (unpaired) electrons. The molecule has 0 saturated carbocycles. The van der Waals surface area contributed by atoms with Gasteiger partial charge in [-0.3, -0.25) is 9.59 Å². The number of hydrogen-bond acceptors (Lipinski definition) is 2. The molecule has 90 valence electrons. The first-order chi connectivity index (χ1) is 8.09. The van der Waals surface area contributed by atoms with Gasteiger partial charge in [0.1, 0.15) is 0 Å². The van der Waals surface area contributed by atoms with Crippen LogP contribution in [0.5, 0.6) is 0 Å². The Balaban J connectivity index is 2.38. The van der Waals surface area contributed by atoms with Crippen LogP contribution in [0.25, 0.3) is 0 Å². The molecule has 0 unspecified atom stereocenters. The maximum Gasteiger partial charge on any atom is 0.162 e. The van der Waals surface area contributed by atoms with Crippen LogP contribution in [-0.2, 0) is 4.79 Å². The van der Waals surface area contributed by atoms with Crippen molar-refractivity contribution in [3.05, 3.63) is 47.5 Å². The van der Waals surface area contributed by atoms with E-state index in [9.17, 15) is 9.59 Å². The summed E-state index contributed by atoms with van der Waals surface area (Å²) in [6, 6.07) is 9.31. The van der Waals surface area contributed by atoms with Crippen LogP contribution >= 0.6 is 0 Å². The van der Waals surface area contributed by atoms with E-state index in [1.165, 1.54) is 0 Å². The van der Waals surface area contributed by atoms with Crippen LogP contribution in [0.15, 0.2) is 42.0 Å². The van der Waals surface area contributed by atoms with Crippen molar-refractivity contribution in [1.29, 1.82) is 0 Å². The lowest BCUT2D eigenvalue weighted by atomic mass is 10.0. The number of carbonyl (C=O) groups is 2. The van der Waals surface area contributed by atoms with Gasteiger partial charge in [0.05, 0.1) is 0 Å². The standard InChI is InChI=1S/C15H18O2/c1-12(11-13(2)16)7-6-10-15(17)14-8-4-3-5-9-14/h3-5,8-9,11H,6-7,10H2,1-2H3/b12-11-. The number of carbonyl (C=O) groups excluding carboxylic acids is 2. The molecule has 0 saturated heterocycles. The molecule has 0 amide bonds. The summed E-state index contributed by atoms with van der Waals surface area (Å²) >= 11 is 0. The van der Waals surface area contributed by atoms with Crippen molar-refractivity contribution in [2.24, 2.45) is 0 Å². The largest absolute Gasteiger partial charge is 0.295 e. The molecule has 0 N–H and O–H groups in total. The maximum atomic E-state index is 11.8. The van der Waals surface area contributed by atoms with Crippen molar-refractivity contribution >= 4 is 11.6 Å². The molecule has 0 aliphatic rings. The molecule has 0 aromatic heterocycles. The first-order valence-corrected chi connectivity index (χ1v) is 5.85. The highest BCUT2D eigenvalue weighted by Crippen LogP contribution is 2.10. The third kappa shape index (κ3) is 5.25. The number of allylic oxidation sites excluding steroid dienone is 2. The quantitative estimate of drug-likeness (QED) is 0.553. The molecule has 1 aromatic carbocycles. The van der Waals surface area contributed by atoms with E-state index in [1.807, 2.05) is 37.3 Å². The molecule has 0 bridgehead atoms. The average Bonchev–Trinajstić information content (AvgIpc) is 2.29. The summed E-state index contributed by atoms with van der Waals surface area (Å²) in [5.74, 6) is 0.234. The fourth-order valence-corrected chi connectivity index (χ4v) is 1.72. The summed E-state index contributed by atoms with van der Waals surface area (Å²) in [7, 11) is 0. The summed E-state index contributed by atoms with van der Waals surface area (Å²) in [6.07, 6.45) is 3.77. The van der Waals surface area contributed by atoms with Crippen LogP contribution in [0.2, 0.25) is 0 Å². The third-order valence-electron chi connectivity index (χ3n) is 2.52. The van der Waals surface area contributed by atoms with E-state index >= 15 is 0 Å². The second-order valence-electron chi connectivity index (χ2n) is 4.24. The highest BCUT2D eigenvalue weighted by Gasteiger charge is 2.04. The average molecular weight is 230 g/mol. The van der Waals surface area contributed by atoms with Crippen LogP contribution in [0.1, 0.15) is 43.5 Å². The molecule has 0 fully saturated rings. The Labute approximate surface area is 102 Å². The minimum Gasteiger partial charge on any atom is -0.295 e.